The number of phenolic OH excluding ortho intramolecular Hbond substituents is 1. The molecule has 18 N–H and O–H groups in total. The first-order valence-electron chi connectivity index (χ1n) is 34.9. The van der Waals surface area contributed by atoms with Crippen molar-refractivity contribution in [2.45, 2.75) is 163 Å². The molecule has 1 saturated carbocycles. The fourth-order valence-corrected chi connectivity index (χ4v) is 14.5. The molecule has 0 radical (unpaired) electrons. The normalized spacial score (nSPS) is 26.9. The van der Waals surface area contributed by atoms with E-state index in [-0.39, 0.29) is 62.1 Å². The molecule has 5 saturated heterocycles. The molecule has 552 valence electrons. The van der Waals surface area contributed by atoms with Gasteiger partial charge in [0, 0.05) is 113 Å². The molecule has 1 spiro atoms. The van der Waals surface area contributed by atoms with E-state index in [0.717, 1.165) is 54.3 Å². The van der Waals surface area contributed by atoms with E-state index in [0.29, 0.717) is 18.5 Å². The van der Waals surface area contributed by atoms with E-state index in [1.54, 1.807) is 24.3 Å². The summed E-state index contributed by atoms with van der Waals surface area (Å²) in [6.45, 7) is 4.08. The SMILES string of the molecule is C[C@@H](O)[C@@H]1NC(=O)[C@@H](NC(=O)c2ccc(N3CCN(c4ccc(N5CCC6(CCCC6)CC5)cc4)CC3)cc2)C[C@@H](O)CNC(=O)[C@@H]2[C@@H](O)[C@@H](C)CN2C(=O)[C@H]([C@H](O)CCNC(CO)CO)NC(=O)[C@H]([C@H](O)Cc2ccc(O)c(OCCNC(CO)CO)c2)NC(=O)[C@@H]2C[C@@H](O)CN2C1=O. The maximum Gasteiger partial charge on any atom is 0.251 e. The molecule has 3 aromatic carbocycles. The Balaban J connectivity index is 0.952. The van der Waals surface area contributed by atoms with E-state index >= 15 is 4.79 Å². The minimum Gasteiger partial charge on any atom is -0.504 e. The lowest BCUT2D eigenvalue weighted by molar-refractivity contribution is -0.147. The van der Waals surface area contributed by atoms with Crippen molar-refractivity contribution in [3.05, 3.63) is 77.9 Å². The summed E-state index contributed by atoms with van der Waals surface area (Å²) in [5.74, 6) is -9.01. The van der Waals surface area contributed by atoms with Crippen molar-refractivity contribution < 1.29 is 94.5 Å². The van der Waals surface area contributed by atoms with Crippen molar-refractivity contribution in [1.29, 1.82) is 0 Å². The van der Waals surface area contributed by atoms with Gasteiger partial charge >= 0.3 is 0 Å². The summed E-state index contributed by atoms with van der Waals surface area (Å²) in [7, 11) is 0. The van der Waals surface area contributed by atoms with E-state index in [1.165, 1.54) is 69.3 Å². The predicted molar refractivity (Wildman–Crippen MR) is 365 cm³/mol. The summed E-state index contributed by atoms with van der Waals surface area (Å²) in [5.41, 5.74) is 4.03. The number of rotatable bonds is 23. The Kier molecular flexibility index (Phi) is 27.1. The zero-order chi connectivity index (χ0) is 71.9. The molecule has 7 amide bonds. The average molecular weight is 1400 g/mol. The molecule has 5 heterocycles. The van der Waals surface area contributed by atoms with E-state index in [1.807, 2.05) is 0 Å². The van der Waals surface area contributed by atoms with Crippen LogP contribution in [-0.4, -0.2) is 297 Å². The van der Waals surface area contributed by atoms with Crippen molar-refractivity contribution in [2.24, 2.45) is 11.3 Å². The van der Waals surface area contributed by atoms with Crippen LogP contribution in [0.1, 0.15) is 87.6 Å². The van der Waals surface area contributed by atoms with E-state index in [2.05, 4.69) is 76.2 Å². The number of aliphatic hydroxyl groups excluding tert-OH is 10. The van der Waals surface area contributed by atoms with E-state index in [4.69, 9.17) is 4.74 Å². The van der Waals surface area contributed by atoms with Gasteiger partial charge in [-0.15, -0.1) is 0 Å². The maximum absolute atomic E-state index is 15.1. The molecule has 9 rings (SSSR count). The van der Waals surface area contributed by atoms with Gasteiger partial charge in [0.25, 0.3) is 5.91 Å². The summed E-state index contributed by atoms with van der Waals surface area (Å²) in [6, 6.07) is 6.53. The number of fused-ring (bicyclic) bond motifs is 2. The highest BCUT2D eigenvalue weighted by atomic mass is 16.5. The van der Waals surface area contributed by atoms with Crippen LogP contribution in [-0.2, 0) is 35.2 Å². The highest BCUT2D eigenvalue weighted by Crippen LogP contribution is 2.47. The zero-order valence-electron chi connectivity index (χ0n) is 56.8. The minimum absolute atomic E-state index is 0.0914. The molecule has 13 atom stereocenters. The Labute approximate surface area is 581 Å². The number of aromatic hydroxyl groups is 1. The van der Waals surface area contributed by atoms with Crippen LogP contribution in [0.3, 0.4) is 0 Å². The Hall–Kier alpha value is -7.53. The largest absolute Gasteiger partial charge is 0.504 e. The summed E-state index contributed by atoms with van der Waals surface area (Å²) in [5, 5.41) is 137. The van der Waals surface area contributed by atoms with Gasteiger partial charge < -0.3 is 123 Å². The fraction of sp³-hybridized carbons (Fsp3) is 0.638. The third-order valence-electron chi connectivity index (χ3n) is 20.6. The number of aliphatic hydroxyl groups is 10. The van der Waals surface area contributed by atoms with Crippen LogP contribution in [0.5, 0.6) is 11.5 Å². The second kappa shape index (κ2) is 35.4. The molecule has 6 aliphatic rings. The smallest absolute Gasteiger partial charge is 0.251 e. The van der Waals surface area contributed by atoms with Crippen molar-refractivity contribution in [3.63, 3.8) is 0 Å². The lowest BCUT2D eigenvalue weighted by Gasteiger charge is -2.41. The molecular weight excluding hydrogens is 1300 g/mol. The summed E-state index contributed by atoms with van der Waals surface area (Å²) in [6.07, 6.45) is -4.50. The molecule has 6 fully saturated rings. The number of carbonyl (C=O) groups excluding carboxylic acids is 7. The van der Waals surface area contributed by atoms with Crippen molar-refractivity contribution in [1.82, 2.24) is 47.0 Å². The number of nitrogens with one attached hydrogen (secondary N) is 7. The molecule has 0 bridgehead atoms. The molecule has 3 aromatic rings. The fourth-order valence-electron chi connectivity index (χ4n) is 14.5. The first-order valence-corrected chi connectivity index (χ1v) is 34.9. The number of phenols is 1. The number of nitrogens with zero attached hydrogens (tertiary/aromatic N) is 5. The zero-order valence-corrected chi connectivity index (χ0v) is 56.8. The summed E-state index contributed by atoms with van der Waals surface area (Å²) < 4.78 is 5.73. The van der Waals surface area contributed by atoms with Gasteiger partial charge in [-0.2, -0.15) is 0 Å². The Bertz CT molecular complexity index is 3220. The number of hydrogen-bond donors (Lipinski definition) is 18. The summed E-state index contributed by atoms with van der Waals surface area (Å²) >= 11 is 0. The van der Waals surface area contributed by atoms with Crippen LogP contribution in [0, 0.1) is 11.3 Å². The first kappa shape index (κ1) is 76.6. The number of anilines is 3. The number of hydrogen-bond acceptors (Lipinski definition) is 24. The topological polar surface area (TPSA) is 452 Å². The molecule has 31 nitrogen and oxygen atoms in total. The molecular formula is C69H102N12O19. The number of carbonyl (C=O) groups is 7. The Morgan fingerprint density at radius 1 is 0.620 bits per heavy atom. The standard InChI is InChI=1S/C69H102N12O19/c1-40-34-81-60(61(40)92)66(97)72-33-49(87)31-51(73-62(93)43-6-8-46(9-7-43)78-24-26-79(27-25-78)48-12-10-47(11-13-48)77-22-18-69(19-23-77)16-3-4-17-69)63(94)74-57(41(2)86)67(98)80-35-50(88)32-52(80)64(95)75-58(65(96)76-59(68(81)99)54(90)15-20-70-44(36-82)37-83)55(91)29-42-5-14-53(89)56(30-42)100-28-21-71-45(38-84)39-85/h5-14,30,40-41,44-45,49-52,54-55,57-61,70-71,82-92H,3-4,15-29,31-39H2,1-2H3,(H,72,97)(H,73,93)(H,74,94)(H,75,95)(H,76,96)/t40-,41+,49+,50+,51-,52-,54+,55+,57-,58-,59-,60-,61-/m0/s1. The van der Waals surface area contributed by atoms with Gasteiger partial charge in [-0.3, -0.25) is 33.6 Å². The summed E-state index contributed by atoms with van der Waals surface area (Å²) in [4.78, 5) is 112. The highest BCUT2D eigenvalue weighted by molar-refractivity contribution is 6.00. The van der Waals surface area contributed by atoms with Gasteiger partial charge in [0.15, 0.2) is 11.5 Å². The number of benzene rings is 3. The van der Waals surface area contributed by atoms with E-state index < -0.39 is 184 Å². The monoisotopic (exact) mass is 1400 g/mol. The van der Waals surface area contributed by atoms with Crippen molar-refractivity contribution in [2.75, 3.05) is 120 Å². The lowest BCUT2D eigenvalue weighted by Crippen LogP contribution is -2.64. The number of β-amino-alcohol motifs (C(OH)–C–C–N with tert-alkyl or cyclic N) is 1. The highest BCUT2D eigenvalue weighted by Gasteiger charge is 2.50. The van der Waals surface area contributed by atoms with Gasteiger partial charge in [-0.05, 0) is 117 Å². The van der Waals surface area contributed by atoms with Gasteiger partial charge in [0.1, 0.15) is 42.9 Å². The van der Waals surface area contributed by atoms with Crippen molar-refractivity contribution >= 4 is 58.4 Å². The maximum atomic E-state index is 15.1. The number of piperidine rings is 1. The van der Waals surface area contributed by atoms with Gasteiger partial charge in [0.05, 0.1) is 75.1 Å². The first-order chi connectivity index (χ1) is 47.9. The van der Waals surface area contributed by atoms with Crippen LogP contribution < -0.4 is 56.7 Å². The number of amides is 7. The van der Waals surface area contributed by atoms with Crippen molar-refractivity contribution in [3.8, 4) is 11.5 Å². The quantitative estimate of drug-likeness (QED) is 0.0398. The third kappa shape index (κ3) is 19.1. The molecule has 5 aliphatic heterocycles. The van der Waals surface area contributed by atoms with Crippen LogP contribution >= 0.6 is 0 Å². The molecule has 31 heteroatoms. The average Bonchev–Trinajstić information content (AvgIpc) is 1.57. The second-order valence-corrected chi connectivity index (χ2v) is 27.7. The molecule has 0 unspecified atom stereocenters. The Morgan fingerprint density at radius 3 is 1.76 bits per heavy atom. The molecule has 100 heavy (non-hydrogen) atoms. The minimum atomic E-state index is -2.13. The van der Waals surface area contributed by atoms with Crippen LogP contribution in [0.4, 0.5) is 17.1 Å². The second-order valence-electron chi connectivity index (χ2n) is 27.7. The van der Waals surface area contributed by atoms with Gasteiger partial charge in [0.2, 0.25) is 35.4 Å². The predicted octanol–water partition coefficient (Wildman–Crippen LogP) is -4.52. The Morgan fingerprint density at radius 2 is 1.17 bits per heavy atom. The van der Waals surface area contributed by atoms with Crippen LogP contribution in [0.2, 0.25) is 0 Å². The third-order valence-corrected chi connectivity index (χ3v) is 20.6. The number of piperazine rings is 1. The molecule has 1 aliphatic carbocycles. The van der Waals surface area contributed by atoms with Gasteiger partial charge in [-0.1, -0.05) is 25.8 Å². The lowest BCUT2D eigenvalue weighted by atomic mass is 9.77. The van der Waals surface area contributed by atoms with Crippen LogP contribution in [0.25, 0.3) is 0 Å². The van der Waals surface area contributed by atoms with Crippen LogP contribution in [0.15, 0.2) is 66.7 Å². The number of ether oxygens (including phenoxy) is 1. The van der Waals surface area contributed by atoms with E-state index in [9.17, 15) is 84.9 Å². The van der Waals surface area contributed by atoms with Gasteiger partial charge in [-0.25, -0.2) is 0 Å². The molecule has 0 aromatic heterocycles.